The van der Waals surface area contributed by atoms with Crippen molar-refractivity contribution in [3.63, 3.8) is 0 Å². The van der Waals surface area contributed by atoms with Gasteiger partial charge in [0.2, 0.25) is 5.91 Å². The average Bonchev–Trinajstić information content (AvgIpc) is 3.05. The molecular formula is C27H32FNO3S. The van der Waals surface area contributed by atoms with Crippen LogP contribution in [0.15, 0.2) is 24.3 Å². The molecule has 0 radical (unpaired) electrons. The first-order chi connectivity index (χ1) is 15.4. The number of hydrogen-bond donors (Lipinski definition) is 1. The van der Waals surface area contributed by atoms with E-state index in [0.717, 1.165) is 24.0 Å². The van der Waals surface area contributed by atoms with Crippen molar-refractivity contribution in [2.45, 2.75) is 65.2 Å². The maximum Gasteiger partial charge on any atom is 0.280 e. The van der Waals surface area contributed by atoms with Crippen LogP contribution in [0.2, 0.25) is 0 Å². The van der Waals surface area contributed by atoms with Crippen LogP contribution in [0.25, 0.3) is 11.1 Å². The van der Waals surface area contributed by atoms with E-state index in [4.69, 9.17) is 4.74 Å². The summed E-state index contributed by atoms with van der Waals surface area (Å²) in [6, 6.07) is 7.75. The van der Waals surface area contributed by atoms with Crippen LogP contribution >= 0.6 is 10.5 Å². The minimum atomic E-state index is -0.974. The molecular weight excluding hydrogens is 437 g/mol. The first-order valence-electron chi connectivity index (χ1n) is 11.4. The van der Waals surface area contributed by atoms with Gasteiger partial charge < -0.3 is 4.74 Å². The molecule has 6 heteroatoms. The highest BCUT2D eigenvalue weighted by molar-refractivity contribution is 8.28. The van der Waals surface area contributed by atoms with E-state index < -0.39 is 16.3 Å². The van der Waals surface area contributed by atoms with Crippen molar-refractivity contribution in [3.05, 3.63) is 52.3 Å². The molecule has 1 atom stereocenters. The number of aryl methyl sites for hydroxylation is 1. The van der Waals surface area contributed by atoms with Crippen LogP contribution in [0.5, 0.6) is 5.75 Å². The second kappa shape index (κ2) is 8.39. The molecule has 1 saturated heterocycles. The quantitative estimate of drug-likeness (QED) is 0.541. The maximum atomic E-state index is 16.1. The largest absolute Gasteiger partial charge is 0.493 e. The molecule has 4 rings (SSSR count). The number of carbonyl (C=O) groups excluding carboxylic acids is 2. The zero-order valence-electron chi connectivity index (χ0n) is 20.2. The normalized spacial score (nSPS) is 21.1. The van der Waals surface area contributed by atoms with Gasteiger partial charge in [-0.2, -0.15) is 0 Å². The molecule has 2 aromatic rings. The van der Waals surface area contributed by atoms with E-state index >= 15 is 4.39 Å². The van der Waals surface area contributed by atoms with Crippen molar-refractivity contribution in [2.75, 3.05) is 12.4 Å². The van der Waals surface area contributed by atoms with Crippen molar-refractivity contribution < 1.29 is 18.7 Å². The highest BCUT2D eigenvalue weighted by atomic mass is 32.2. The first kappa shape index (κ1) is 23.7. The fraction of sp³-hybridized carbons (Fsp3) is 0.444. The number of rotatable bonds is 4. The fourth-order valence-electron chi connectivity index (χ4n) is 4.85. The molecule has 33 heavy (non-hydrogen) atoms. The summed E-state index contributed by atoms with van der Waals surface area (Å²) >= 11 is 0. The Labute approximate surface area is 197 Å². The third-order valence-electron chi connectivity index (χ3n) is 6.94. The lowest BCUT2D eigenvalue weighted by Gasteiger charge is -2.42. The van der Waals surface area contributed by atoms with E-state index in [2.05, 4.69) is 45.1 Å². The molecule has 1 fully saturated rings. The predicted octanol–water partition coefficient (Wildman–Crippen LogP) is 6.22. The summed E-state index contributed by atoms with van der Waals surface area (Å²) in [6.07, 6.45) is 2.17. The van der Waals surface area contributed by atoms with Crippen LogP contribution in [0.4, 0.5) is 9.18 Å². The standard InChI is InChI=1S/C27H32FNO3S/c1-7-32-21-9-8-17(14-33-15-22(30)29-25(33)31)24(28)23(21)18-13-20-19(12-16(18)2)26(3,4)10-11-27(20,5)6/h8-9,12-14H,7,10-11,15H2,1-6H3,(H,29,30,31). The molecule has 1 aliphatic carbocycles. The van der Waals surface area contributed by atoms with Gasteiger partial charge in [-0.25, -0.2) is 4.39 Å². The van der Waals surface area contributed by atoms with E-state index in [1.54, 1.807) is 17.5 Å². The lowest BCUT2D eigenvalue weighted by atomic mass is 9.62. The molecule has 2 aliphatic rings. The third-order valence-corrected chi connectivity index (χ3v) is 8.63. The van der Waals surface area contributed by atoms with Gasteiger partial charge in [0.25, 0.3) is 5.24 Å². The van der Waals surface area contributed by atoms with Gasteiger partial charge in [0.05, 0.1) is 17.9 Å². The molecule has 176 valence electrons. The van der Waals surface area contributed by atoms with Crippen molar-refractivity contribution in [3.8, 4) is 16.9 Å². The Bertz CT molecular complexity index is 1200. The second-order valence-corrected chi connectivity index (χ2v) is 12.0. The summed E-state index contributed by atoms with van der Waals surface area (Å²) in [5, 5.41) is 3.52. The lowest BCUT2D eigenvalue weighted by molar-refractivity contribution is -0.117. The van der Waals surface area contributed by atoms with Gasteiger partial charge in [0, 0.05) is 5.56 Å². The molecule has 1 heterocycles. The van der Waals surface area contributed by atoms with Gasteiger partial charge in [-0.3, -0.25) is 14.9 Å². The number of carbonyl (C=O) groups is 2. The number of ether oxygens (including phenoxy) is 1. The third kappa shape index (κ3) is 4.25. The predicted molar refractivity (Wildman–Crippen MR) is 134 cm³/mol. The number of imide groups is 1. The Morgan fingerprint density at radius 2 is 1.73 bits per heavy atom. The number of hydrogen-bond acceptors (Lipinski definition) is 3. The van der Waals surface area contributed by atoms with Gasteiger partial charge in [-0.05, 0) is 83.3 Å². The smallest absolute Gasteiger partial charge is 0.280 e. The Morgan fingerprint density at radius 1 is 1.09 bits per heavy atom. The summed E-state index contributed by atoms with van der Waals surface area (Å²) in [5.74, 6) is -0.182. The van der Waals surface area contributed by atoms with E-state index in [9.17, 15) is 9.59 Å². The zero-order chi connectivity index (χ0) is 24.1. The van der Waals surface area contributed by atoms with E-state index in [1.165, 1.54) is 11.1 Å². The number of amides is 2. The van der Waals surface area contributed by atoms with E-state index in [0.29, 0.717) is 23.5 Å². The molecule has 2 aromatic carbocycles. The summed E-state index contributed by atoms with van der Waals surface area (Å²) < 4.78 is 21.9. The Hall–Kier alpha value is -2.47. The second-order valence-electron chi connectivity index (χ2n) is 10.3. The van der Waals surface area contributed by atoms with Crippen molar-refractivity contribution >= 4 is 27.0 Å². The molecule has 1 N–H and O–H groups in total. The summed E-state index contributed by atoms with van der Waals surface area (Å²) in [4.78, 5) is 23.7. The van der Waals surface area contributed by atoms with E-state index in [-0.39, 0.29) is 27.7 Å². The van der Waals surface area contributed by atoms with Crippen LogP contribution in [0.1, 0.15) is 69.7 Å². The highest BCUT2D eigenvalue weighted by Crippen LogP contribution is 2.48. The van der Waals surface area contributed by atoms with E-state index in [1.807, 2.05) is 13.8 Å². The Kier molecular flexibility index (Phi) is 6.02. The van der Waals surface area contributed by atoms with Crippen LogP contribution < -0.4 is 10.1 Å². The van der Waals surface area contributed by atoms with Crippen LogP contribution in [-0.2, 0) is 15.6 Å². The fourth-order valence-corrected chi connectivity index (χ4v) is 6.26. The summed E-state index contributed by atoms with van der Waals surface area (Å²) in [6.45, 7) is 13.4. The Balaban J connectivity index is 1.94. The number of nitrogens with one attached hydrogen (secondary N) is 1. The lowest BCUT2D eigenvalue weighted by Crippen LogP contribution is -2.34. The molecule has 1 aliphatic heterocycles. The van der Waals surface area contributed by atoms with Gasteiger partial charge in [-0.15, -0.1) is 0 Å². The minimum Gasteiger partial charge on any atom is -0.493 e. The summed E-state index contributed by atoms with van der Waals surface area (Å²) in [5.41, 5.74) is 5.16. The molecule has 0 saturated carbocycles. The first-order valence-corrected chi connectivity index (χ1v) is 12.9. The summed E-state index contributed by atoms with van der Waals surface area (Å²) in [7, 11) is -0.974. The van der Waals surface area contributed by atoms with Gasteiger partial charge in [0.15, 0.2) is 0 Å². The van der Waals surface area contributed by atoms with Crippen LogP contribution in [0, 0.1) is 12.7 Å². The number of fused-ring (bicyclic) bond motifs is 1. The molecule has 0 spiro atoms. The Morgan fingerprint density at radius 3 is 2.30 bits per heavy atom. The number of halogens is 1. The highest BCUT2D eigenvalue weighted by Gasteiger charge is 2.38. The topological polar surface area (TPSA) is 55.4 Å². The molecule has 0 bridgehead atoms. The van der Waals surface area contributed by atoms with Crippen LogP contribution in [-0.4, -0.2) is 28.9 Å². The molecule has 2 amide bonds. The molecule has 1 unspecified atom stereocenters. The van der Waals surface area contributed by atoms with Gasteiger partial charge >= 0.3 is 0 Å². The average molecular weight is 470 g/mol. The van der Waals surface area contributed by atoms with Gasteiger partial charge in [0.1, 0.15) is 11.6 Å². The molecule has 4 nitrogen and oxygen atoms in total. The van der Waals surface area contributed by atoms with Crippen LogP contribution in [0.3, 0.4) is 0 Å². The monoisotopic (exact) mass is 469 g/mol. The zero-order valence-corrected chi connectivity index (χ0v) is 21.0. The van der Waals surface area contributed by atoms with Gasteiger partial charge in [-0.1, -0.05) is 44.2 Å². The van der Waals surface area contributed by atoms with Crippen molar-refractivity contribution in [1.29, 1.82) is 0 Å². The molecule has 0 aromatic heterocycles. The number of benzene rings is 2. The van der Waals surface area contributed by atoms with Crippen molar-refractivity contribution in [2.24, 2.45) is 0 Å². The minimum absolute atomic E-state index is 0.0109. The maximum absolute atomic E-state index is 16.1. The van der Waals surface area contributed by atoms with Crippen molar-refractivity contribution in [1.82, 2.24) is 5.32 Å². The SMILES string of the molecule is CCOc1ccc(/C=S2\CC(=O)NC2=O)c(F)c1-c1cc2c(cc1C)C(C)(C)CCC2(C)C.